The highest BCUT2D eigenvalue weighted by molar-refractivity contribution is 7.90. The molecule has 0 atom stereocenters. The molecule has 0 saturated carbocycles. The summed E-state index contributed by atoms with van der Waals surface area (Å²) in [5.74, 6) is 0. The number of sulfone groups is 1. The molecular weight excluding hydrogens is 210 g/mol. The summed E-state index contributed by atoms with van der Waals surface area (Å²) in [5, 5.41) is 3.22. The van der Waals surface area contributed by atoms with Gasteiger partial charge in [-0.05, 0) is 38.5 Å². The van der Waals surface area contributed by atoms with Crippen molar-refractivity contribution in [1.29, 1.82) is 0 Å². The predicted octanol–water partition coefficient (Wildman–Crippen LogP) is 2.22. The van der Waals surface area contributed by atoms with Crippen molar-refractivity contribution >= 4 is 15.5 Å². The van der Waals surface area contributed by atoms with Gasteiger partial charge in [0, 0.05) is 18.0 Å². The maximum absolute atomic E-state index is 11.4. The molecule has 0 amide bonds. The van der Waals surface area contributed by atoms with Gasteiger partial charge in [0.25, 0.3) is 0 Å². The van der Waals surface area contributed by atoms with Crippen LogP contribution in [0.1, 0.15) is 19.4 Å². The summed E-state index contributed by atoms with van der Waals surface area (Å²) in [6.45, 7) is 6.00. The fourth-order valence-corrected chi connectivity index (χ4v) is 1.95. The van der Waals surface area contributed by atoms with Crippen LogP contribution in [0.25, 0.3) is 0 Å². The second-order valence-electron chi connectivity index (χ2n) is 4.05. The van der Waals surface area contributed by atoms with Crippen LogP contribution in [0.15, 0.2) is 23.1 Å². The second kappa shape index (κ2) is 4.23. The van der Waals surface area contributed by atoms with Gasteiger partial charge in [-0.15, -0.1) is 0 Å². The topological polar surface area (TPSA) is 46.2 Å². The lowest BCUT2D eigenvalue weighted by atomic mass is 10.2. The van der Waals surface area contributed by atoms with Gasteiger partial charge in [-0.3, -0.25) is 0 Å². The van der Waals surface area contributed by atoms with E-state index in [1.165, 1.54) is 6.26 Å². The lowest BCUT2D eigenvalue weighted by molar-refractivity contribution is 0.602. The number of hydrogen-bond acceptors (Lipinski definition) is 3. The zero-order chi connectivity index (χ0) is 11.6. The van der Waals surface area contributed by atoms with Crippen molar-refractivity contribution < 1.29 is 8.42 Å². The summed E-state index contributed by atoms with van der Waals surface area (Å²) < 4.78 is 22.7. The number of anilines is 1. The number of nitrogens with one attached hydrogen (secondary N) is 1. The summed E-state index contributed by atoms with van der Waals surface area (Å²) in [6.07, 6.45) is 1.22. The van der Waals surface area contributed by atoms with Gasteiger partial charge in [0.1, 0.15) is 0 Å². The first-order chi connectivity index (χ1) is 6.80. The minimum atomic E-state index is -3.12. The largest absolute Gasteiger partial charge is 0.383 e. The lowest BCUT2D eigenvalue weighted by Gasteiger charge is -2.13. The van der Waals surface area contributed by atoms with Crippen LogP contribution < -0.4 is 5.32 Å². The fraction of sp³-hybridized carbons (Fsp3) is 0.455. The van der Waals surface area contributed by atoms with E-state index in [1.54, 1.807) is 12.1 Å². The van der Waals surface area contributed by atoms with Crippen molar-refractivity contribution in [1.82, 2.24) is 0 Å². The van der Waals surface area contributed by atoms with E-state index in [-0.39, 0.29) is 0 Å². The standard InChI is InChI=1S/C11H17NO2S/c1-8(2)12-11-7-10(15(4,13)14)6-5-9(11)3/h5-8,12H,1-4H3. The van der Waals surface area contributed by atoms with Crippen molar-refractivity contribution in [2.45, 2.75) is 31.7 Å². The third kappa shape index (κ3) is 3.23. The molecule has 0 heterocycles. The highest BCUT2D eigenvalue weighted by atomic mass is 32.2. The number of aryl methyl sites for hydroxylation is 1. The minimum Gasteiger partial charge on any atom is -0.383 e. The molecule has 1 rings (SSSR count). The molecule has 4 heteroatoms. The van der Waals surface area contributed by atoms with Crippen molar-refractivity contribution in [3.05, 3.63) is 23.8 Å². The smallest absolute Gasteiger partial charge is 0.175 e. The summed E-state index contributed by atoms with van der Waals surface area (Å²) in [7, 11) is -3.12. The van der Waals surface area contributed by atoms with Crippen LogP contribution in [0.3, 0.4) is 0 Å². The monoisotopic (exact) mass is 227 g/mol. The average molecular weight is 227 g/mol. The van der Waals surface area contributed by atoms with Crippen molar-refractivity contribution in [2.24, 2.45) is 0 Å². The zero-order valence-electron chi connectivity index (χ0n) is 9.53. The van der Waals surface area contributed by atoms with Crippen LogP contribution in [0.5, 0.6) is 0 Å². The molecular formula is C11H17NO2S. The molecule has 84 valence electrons. The summed E-state index contributed by atoms with van der Waals surface area (Å²) >= 11 is 0. The molecule has 0 radical (unpaired) electrons. The summed E-state index contributed by atoms with van der Waals surface area (Å²) in [5.41, 5.74) is 1.93. The van der Waals surface area contributed by atoms with Crippen LogP contribution >= 0.6 is 0 Å². The highest BCUT2D eigenvalue weighted by Crippen LogP contribution is 2.20. The van der Waals surface area contributed by atoms with Gasteiger partial charge in [-0.1, -0.05) is 6.07 Å². The summed E-state index contributed by atoms with van der Waals surface area (Å²) in [4.78, 5) is 0.358. The molecule has 0 saturated heterocycles. The van der Waals surface area contributed by atoms with Crippen molar-refractivity contribution in [3.63, 3.8) is 0 Å². The molecule has 0 aliphatic rings. The maximum atomic E-state index is 11.4. The molecule has 0 fully saturated rings. The quantitative estimate of drug-likeness (QED) is 0.861. The molecule has 1 aromatic carbocycles. The number of rotatable bonds is 3. The van der Waals surface area contributed by atoms with E-state index in [1.807, 2.05) is 26.8 Å². The third-order valence-electron chi connectivity index (χ3n) is 2.08. The average Bonchev–Trinajstić information content (AvgIpc) is 2.06. The highest BCUT2D eigenvalue weighted by Gasteiger charge is 2.09. The fourth-order valence-electron chi connectivity index (χ4n) is 1.30. The molecule has 0 bridgehead atoms. The van der Waals surface area contributed by atoms with E-state index < -0.39 is 9.84 Å². The first-order valence-corrected chi connectivity index (χ1v) is 6.77. The first-order valence-electron chi connectivity index (χ1n) is 4.88. The Balaban J connectivity index is 3.17. The molecule has 15 heavy (non-hydrogen) atoms. The Kier molecular flexibility index (Phi) is 3.39. The maximum Gasteiger partial charge on any atom is 0.175 e. The van der Waals surface area contributed by atoms with Crippen LogP contribution in [0.4, 0.5) is 5.69 Å². The van der Waals surface area contributed by atoms with E-state index >= 15 is 0 Å². The third-order valence-corrected chi connectivity index (χ3v) is 3.19. The molecule has 3 nitrogen and oxygen atoms in total. The van der Waals surface area contributed by atoms with Gasteiger partial charge in [0.2, 0.25) is 0 Å². The van der Waals surface area contributed by atoms with E-state index in [9.17, 15) is 8.42 Å². The van der Waals surface area contributed by atoms with Gasteiger partial charge < -0.3 is 5.32 Å². The lowest BCUT2D eigenvalue weighted by Crippen LogP contribution is -2.11. The van der Waals surface area contributed by atoms with Crippen molar-refractivity contribution in [3.8, 4) is 0 Å². The Labute approximate surface area is 91.4 Å². The van der Waals surface area contributed by atoms with Gasteiger partial charge in [-0.25, -0.2) is 8.42 Å². The Bertz CT molecular complexity index is 450. The molecule has 0 aliphatic carbocycles. The van der Waals surface area contributed by atoms with Crippen LogP contribution in [-0.4, -0.2) is 20.7 Å². The Hall–Kier alpha value is -1.03. The molecule has 1 N–H and O–H groups in total. The van der Waals surface area contributed by atoms with Gasteiger partial charge in [0.15, 0.2) is 9.84 Å². The SMILES string of the molecule is Cc1ccc(S(C)(=O)=O)cc1NC(C)C. The number of hydrogen-bond donors (Lipinski definition) is 1. The predicted molar refractivity (Wildman–Crippen MR) is 63.0 cm³/mol. The molecule has 0 aromatic heterocycles. The van der Waals surface area contributed by atoms with Crippen LogP contribution in [0.2, 0.25) is 0 Å². The Morgan fingerprint density at radius 3 is 2.33 bits per heavy atom. The Morgan fingerprint density at radius 1 is 1.27 bits per heavy atom. The van der Waals surface area contributed by atoms with Crippen molar-refractivity contribution in [2.75, 3.05) is 11.6 Å². The minimum absolute atomic E-state index is 0.290. The van der Waals surface area contributed by atoms with E-state index in [4.69, 9.17) is 0 Å². The second-order valence-corrected chi connectivity index (χ2v) is 6.06. The van der Waals surface area contributed by atoms with E-state index in [0.29, 0.717) is 10.9 Å². The van der Waals surface area contributed by atoms with Gasteiger partial charge >= 0.3 is 0 Å². The molecule has 0 unspecified atom stereocenters. The zero-order valence-corrected chi connectivity index (χ0v) is 10.4. The van der Waals surface area contributed by atoms with E-state index in [2.05, 4.69) is 5.32 Å². The normalized spacial score (nSPS) is 11.8. The summed E-state index contributed by atoms with van der Waals surface area (Å²) in [6, 6.07) is 5.43. The molecule has 1 aromatic rings. The van der Waals surface area contributed by atoms with E-state index in [0.717, 1.165) is 11.3 Å². The Morgan fingerprint density at radius 2 is 1.87 bits per heavy atom. The molecule has 0 spiro atoms. The van der Waals surface area contributed by atoms with Crippen LogP contribution in [-0.2, 0) is 9.84 Å². The number of benzene rings is 1. The van der Waals surface area contributed by atoms with Gasteiger partial charge in [-0.2, -0.15) is 0 Å². The first kappa shape index (κ1) is 12.0. The molecule has 0 aliphatic heterocycles. The van der Waals surface area contributed by atoms with Gasteiger partial charge in [0.05, 0.1) is 4.90 Å². The van der Waals surface area contributed by atoms with Crippen LogP contribution in [0, 0.1) is 6.92 Å².